The van der Waals surface area contributed by atoms with Crippen LogP contribution in [-0.4, -0.2) is 51.0 Å². The van der Waals surface area contributed by atoms with Gasteiger partial charge in [0.25, 0.3) is 5.56 Å². The minimum Gasteiger partial charge on any atom is -0.493 e. The number of carbonyl (C=O) groups excluding carboxylic acids is 2. The normalized spacial score (nSPS) is 14.1. The lowest BCUT2D eigenvalue weighted by atomic mass is 9.95. The molecule has 5 rings (SSSR count). The average Bonchev–Trinajstić information content (AvgIpc) is 3.40. The van der Waals surface area contributed by atoms with Crippen molar-refractivity contribution in [3.63, 3.8) is 0 Å². The van der Waals surface area contributed by atoms with Crippen molar-refractivity contribution in [1.82, 2.24) is 4.57 Å². The smallest absolute Gasteiger partial charge is 0.338 e. The highest BCUT2D eigenvalue weighted by Crippen LogP contribution is 2.41. The Hall–Kier alpha value is -4.88. The molecule has 0 bridgehead atoms. The van der Waals surface area contributed by atoms with Crippen molar-refractivity contribution >= 4 is 45.3 Å². The van der Waals surface area contributed by atoms with Crippen LogP contribution in [0.3, 0.4) is 0 Å². The highest BCUT2D eigenvalue weighted by atomic mass is 79.9. The minimum atomic E-state index is -0.858. The molecule has 2 heterocycles. The zero-order valence-corrected chi connectivity index (χ0v) is 30.2. The molecule has 1 aromatic heterocycles. The maximum absolute atomic E-state index is 14.2. The first kappa shape index (κ1) is 35.4. The van der Waals surface area contributed by atoms with Gasteiger partial charge in [0.15, 0.2) is 27.8 Å². The van der Waals surface area contributed by atoms with Gasteiger partial charge in [-0.25, -0.2) is 14.6 Å². The lowest BCUT2D eigenvalue weighted by Gasteiger charge is -2.26. The molecule has 13 heteroatoms. The maximum Gasteiger partial charge on any atom is 0.338 e. The quantitative estimate of drug-likeness (QED) is 0.177. The molecular weight excluding hydrogens is 716 g/mol. The molecule has 0 unspecified atom stereocenters. The van der Waals surface area contributed by atoms with E-state index in [1.807, 2.05) is 6.07 Å². The van der Waals surface area contributed by atoms with E-state index in [2.05, 4.69) is 20.9 Å². The fraction of sp³-hybridized carbons (Fsp3) is 0.278. The van der Waals surface area contributed by atoms with Crippen molar-refractivity contribution in [2.45, 2.75) is 33.4 Å². The largest absolute Gasteiger partial charge is 0.493 e. The molecule has 0 amide bonds. The van der Waals surface area contributed by atoms with Crippen molar-refractivity contribution in [1.29, 1.82) is 0 Å². The number of ether oxygens (including phenoxy) is 6. The van der Waals surface area contributed by atoms with Crippen molar-refractivity contribution in [2.24, 2.45) is 4.99 Å². The number of halogens is 1. The van der Waals surface area contributed by atoms with Gasteiger partial charge in [-0.05, 0) is 79.9 Å². The van der Waals surface area contributed by atoms with Crippen LogP contribution in [-0.2, 0) is 20.9 Å². The Bertz CT molecular complexity index is 2100. The SMILES string of the molecule is CCOC(=O)C1=C(C)N=c2s/c(=C\c3ccc(OCc4ccc(C(=O)OCC)cc4)c(OC)c3)c(=O)n2[C@@H]1c1cc(OC)c(OC)cc1Br. The van der Waals surface area contributed by atoms with E-state index in [9.17, 15) is 14.4 Å². The third kappa shape index (κ3) is 7.42. The Morgan fingerprint density at radius 1 is 0.878 bits per heavy atom. The molecule has 0 spiro atoms. The second-order valence-corrected chi connectivity index (χ2v) is 12.5. The molecule has 1 atom stereocenters. The molecular formula is C36H35BrN2O9S. The van der Waals surface area contributed by atoms with Crippen LogP contribution in [0.25, 0.3) is 6.08 Å². The summed E-state index contributed by atoms with van der Waals surface area (Å²) in [6.07, 6.45) is 1.74. The Morgan fingerprint density at radius 2 is 1.51 bits per heavy atom. The summed E-state index contributed by atoms with van der Waals surface area (Å²) in [7, 11) is 4.58. The van der Waals surface area contributed by atoms with Crippen molar-refractivity contribution < 1.29 is 38.0 Å². The van der Waals surface area contributed by atoms with E-state index in [1.165, 1.54) is 37.2 Å². The number of hydrogen-bond donors (Lipinski definition) is 0. The standard InChI is InChI=1S/C36H35BrN2O9S/c1-7-46-34(41)23-12-9-21(10-13-23)19-48-26-14-11-22(15-27(26)43-4)16-30-33(40)39-32(24-17-28(44-5)29(45-6)18-25(24)37)31(35(42)47-8-2)20(3)38-36(39)49-30/h9-18,32H,7-8,19H2,1-6H3/b30-16-/t32-/m1/s1. The number of nitrogens with zero attached hydrogens (tertiary/aromatic N) is 2. The van der Waals surface area contributed by atoms with Crippen molar-refractivity contribution in [3.05, 3.63) is 112 Å². The van der Waals surface area contributed by atoms with Gasteiger partial charge in [-0.15, -0.1) is 0 Å². The fourth-order valence-corrected chi connectivity index (χ4v) is 6.91. The lowest BCUT2D eigenvalue weighted by molar-refractivity contribution is -0.139. The van der Waals surface area contributed by atoms with Gasteiger partial charge in [-0.2, -0.15) is 0 Å². The summed E-state index contributed by atoms with van der Waals surface area (Å²) in [5.74, 6) is 0.945. The summed E-state index contributed by atoms with van der Waals surface area (Å²) < 4.78 is 35.6. The van der Waals surface area contributed by atoms with Gasteiger partial charge in [0.05, 0.1) is 62.0 Å². The van der Waals surface area contributed by atoms with Crippen molar-refractivity contribution in [3.8, 4) is 23.0 Å². The van der Waals surface area contributed by atoms with Gasteiger partial charge in [-0.1, -0.05) is 45.5 Å². The first-order valence-corrected chi connectivity index (χ1v) is 16.9. The van der Waals surface area contributed by atoms with E-state index in [4.69, 9.17) is 28.4 Å². The van der Waals surface area contributed by atoms with Crippen LogP contribution in [0.2, 0.25) is 0 Å². The van der Waals surface area contributed by atoms with Gasteiger partial charge >= 0.3 is 11.9 Å². The van der Waals surface area contributed by atoms with E-state index in [0.29, 0.717) is 65.8 Å². The molecule has 0 radical (unpaired) electrons. The van der Waals surface area contributed by atoms with Gasteiger partial charge < -0.3 is 28.4 Å². The number of fused-ring (bicyclic) bond motifs is 1. The average molecular weight is 752 g/mol. The summed E-state index contributed by atoms with van der Waals surface area (Å²) in [6.45, 7) is 5.91. The van der Waals surface area contributed by atoms with Crippen LogP contribution in [0.4, 0.5) is 0 Å². The molecule has 3 aromatic carbocycles. The summed E-state index contributed by atoms with van der Waals surface area (Å²) in [4.78, 5) is 44.5. The van der Waals surface area contributed by atoms with E-state index >= 15 is 0 Å². The topological polar surface area (TPSA) is 124 Å². The molecule has 0 fully saturated rings. The molecule has 1 aliphatic rings. The predicted octanol–water partition coefficient (Wildman–Crippen LogP) is 5.34. The molecule has 256 valence electrons. The summed E-state index contributed by atoms with van der Waals surface area (Å²) in [6, 6.07) is 15.0. The number of benzene rings is 3. The predicted molar refractivity (Wildman–Crippen MR) is 187 cm³/mol. The van der Waals surface area contributed by atoms with E-state index in [0.717, 1.165) is 5.56 Å². The van der Waals surface area contributed by atoms with Crippen LogP contribution < -0.4 is 33.8 Å². The van der Waals surface area contributed by atoms with Gasteiger partial charge in [0.2, 0.25) is 0 Å². The molecule has 0 N–H and O–H groups in total. The number of carbonyl (C=O) groups is 2. The van der Waals surface area contributed by atoms with Crippen molar-refractivity contribution in [2.75, 3.05) is 34.5 Å². The van der Waals surface area contributed by atoms with Crippen LogP contribution in [0, 0.1) is 0 Å². The van der Waals surface area contributed by atoms with Crippen LogP contribution in [0.15, 0.2) is 80.1 Å². The molecule has 0 aliphatic carbocycles. The first-order chi connectivity index (χ1) is 23.6. The Balaban J connectivity index is 1.51. The number of methoxy groups -OCH3 is 3. The first-order valence-electron chi connectivity index (χ1n) is 15.3. The second-order valence-electron chi connectivity index (χ2n) is 10.6. The van der Waals surface area contributed by atoms with Gasteiger partial charge in [-0.3, -0.25) is 9.36 Å². The number of thiazole rings is 1. The summed E-state index contributed by atoms with van der Waals surface area (Å²) in [5.41, 5.74) is 2.96. The number of aromatic nitrogens is 1. The van der Waals surface area contributed by atoms with E-state index < -0.39 is 12.0 Å². The van der Waals surface area contributed by atoms with Crippen LogP contribution in [0.5, 0.6) is 23.0 Å². The Kier molecular flexibility index (Phi) is 11.2. The van der Waals surface area contributed by atoms with E-state index in [-0.39, 0.29) is 30.3 Å². The van der Waals surface area contributed by atoms with Gasteiger partial charge in [0.1, 0.15) is 6.61 Å². The van der Waals surface area contributed by atoms with Crippen LogP contribution in [0.1, 0.15) is 53.9 Å². The lowest BCUT2D eigenvalue weighted by Crippen LogP contribution is -2.40. The Morgan fingerprint density at radius 3 is 2.16 bits per heavy atom. The van der Waals surface area contributed by atoms with Gasteiger partial charge in [0, 0.05) is 4.47 Å². The van der Waals surface area contributed by atoms with E-state index in [1.54, 1.807) is 75.4 Å². The molecule has 1 aliphatic heterocycles. The second kappa shape index (κ2) is 15.6. The third-order valence-electron chi connectivity index (χ3n) is 7.66. The highest BCUT2D eigenvalue weighted by Gasteiger charge is 2.35. The molecule has 0 saturated heterocycles. The molecule has 4 aromatic rings. The highest BCUT2D eigenvalue weighted by molar-refractivity contribution is 9.10. The molecule has 49 heavy (non-hydrogen) atoms. The van der Waals surface area contributed by atoms with Crippen LogP contribution >= 0.6 is 27.3 Å². The fourth-order valence-electron chi connectivity index (χ4n) is 5.32. The third-order valence-corrected chi connectivity index (χ3v) is 9.33. The Labute approximate surface area is 295 Å². The number of allylic oxidation sites excluding steroid dienone is 1. The number of esters is 2. The number of rotatable bonds is 12. The number of hydrogen-bond acceptors (Lipinski definition) is 11. The molecule has 0 saturated carbocycles. The maximum atomic E-state index is 14.2. The summed E-state index contributed by atoms with van der Waals surface area (Å²) >= 11 is 4.83. The molecule has 11 nitrogen and oxygen atoms in total. The minimum absolute atomic E-state index is 0.156. The zero-order chi connectivity index (χ0) is 35.2. The monoisotopic (exact) mass is 750 g/mol. The summed E-state index contributed by atoms with van der Waals surface area (Å²) in [5, 5.41) is 0. The zero-order valence-electron chi connectivity index (χ0n) is 27.8.